The van der Waals surface area contributed by atoms with E-state index in [4.69, 9.17) is 0 Å². The average molecular weight is 174 g/mol. The monoisotopic (exact) mass is 174 g/mol. The summed E-state index contributed by atoms with van der Waals surface area (Å²) in [5.41, 5.74) is 2.20. The number of benzene rings is 1. The zero-order valence-electron chi connectivity index (χ0n) is 7.36. The highest BCUT2D eigenvalue weighted by molar-refractivity contribution is 5.98. The minimum absolute atomic E-state index is 0.468. The highest BCUT2D eigenvalue weighted by atomic mass is 15.7. The molecule has 1 heterocycles. The van der Waals surface area contributed by atoms with Crippen LogP contribution in [-0.2, 0) is 0 Å². The van der Waals surface area contributed by atoms with Crippen molar-refractivity contribution in [3.05, 3.63) is 42.4 Å². The molecule has 0 saturated carbocycles. The Hall–Kier alpha value is -1.55. The molecule has 0 amide bonds. The molecule has 0 bridgehead atoms. The quantitative estimate of drug-likeness (QED) is 0.609. The van der Waals surface area contributed by atoms with Crippen molar-refractivity contribution in [2.75, 3.05) is 0 Å². The van der Waals surface area contributed by atoms with Crippen LogP contribution in [0, 0.1) is 14.0 Å². The lowest BCUT2D eigenvalue weighted by Gasteiger charge is -1.96. The van der Waals surface area contributed by atoms with Gasteiger partial charge in [-0.15, -0.1) is 0 Å². The van der Waals surface area contributed by atoms with Gasteiger partial charge in [-0.2, -0.15) is 5.12 Å². The second kappa shape index (κ2) is 3.06. The van der Waals surface area contributed by atoms with Crippen molar-refractivity contribution in [2.24, 2.45) is 15.4 Å². The zero-order chi connectivity index (χ0) is 9.26. The smallest absolute Gasteiger partial charge is 0.192 e. The lowest BCUT2D eigenvalue weighted by Crippen LogP contribution is -2.95. The Kier molecular flexibility index (Phi) is 1.90. The minimum atomic E-state index is 0.468. The van der Waals surface area contributed by atoms with E-state index in [1.807, 2.05) is 31.2 Å². The van der Waals surface area contributed by atoms with Crippen LogP contribution in [0.2, 0.25) is 0 Å². The molecule has 4 heteroatoms. The Morgan fingerprint density at radius 2 is 1.92 bits per heavy atom. The molecule has 1 unspecified atom stereocenters. The van der Waals surface area contributed by atoms with Gasteiger partial charge in [0.1, 0.15) is 0 Å². The molecule has 2 rings (SSSR count). The zero-order valence-corrected chi connectivity index (χ0v) is 7.36. The molecule has 1 atom stereocenters. The maximum atomic E-state index is 4.08. The molecule has 1 aliphatic rings. The first-order chi connectivity index (χ1) is 6.25. The molecule has 1 aromatic carbocycles. The summed E-state index contributed by atoms with van der Waals surface area (Å²) < 4.78 is 0. The largest absolute Gasteiger partial charge is 0.241 e. The summed E-state index contributed by atoms with van der Waals surface area (Å²) in [4.78, 5) is 0. The van der Waals surface area contributed by atoms with Crippen molar-refractivity contribution in [3.8, 4) is 0 Å². The Bertz CT molecular complexity index is 364. The molecule has 0 radical (unpaired) electrons. The van der Waals surface area contributed by atoms with Crippen molar-refractivity contribution in [2.45, 2.75) is 6.92 Å². The summed E-state index contributed by atoms with van der Waals surface area (Å²) >= 11 is 0. The second-order valence-corrected chi connectivity index (χ2v) is 2.92. The van der Waals surface area contributed by atoms with E-state index in [1.165, 1.54) is 5.56 Å². The van der Waals surface area contributed by atoms with Gasteiger partial charge in [0.2, 0.25) is 5.84 Å². The lowest BCUT2D eigenvalue weighted by atomic mass is 10.1. The van der Waals surface area contributed by atoms with Gasteiger partial charge in [0.25, 0.3) is 0 Å². The number of rotatable bonds is 1. The van der Waals surface area contributed by atoms with Gasteiger partial charge in [0.15, 0.2) is 0 Å². The third-order valence-electron chi connectivity index (χ3n) is 1.80. The number of hydrogen-bond donors (Lipinski definition) is 1. The Morgan fingerprint density at radius 3 is 2.46 bits per heavy atom. The van der Waals surface area contributed by atoms with E-state index in [0.29, 0.717) is 11.0 Å². The lowest BCUT2D eigenvalue weighted by molar-refractivity contribution is -0.868. The number of nitrogens with one attached hydrogen (secondary N) is 1. The summed E-state index contributed by atoms with van der Waals surface area (Å²) in [6.45, 7) is 2.04. The van der Waals surface area contributed by atoms with Crippen LogP contribution in [0.25, 0.3) is 0 Å². The molecular weight excluding hydrogens is 164 g/mol. The van der Waals surface area contributed by atoms with Crippen LogP contribution >= 0.6 is 0 Å². The molecular formula is C9H10N4. The first-order valence-electron chi connectivity index (χ1n) is 4.02. The van der Waals surface area contributed by atoms with Crippen LogP contribution < -0.4 is 5.12 Å². The van der Waals surface area contributed by atoms with Gasteiger partial charge in [0.05, 0.1) is 0 Å². The fraction of sp³-hybridized carbons (Fsp3) is 0.111. The first-order valence-corrected chi connectivity index (χ1v) is 4.02. The van der Waals surface area contributed by atoms with Crippen LogP contribution in [-0.4, -0.2) is 5.84 Å². The van der Waals surface area contributed by atoms with Crippen LogP contribution in [0.1, 0.15) is 11.1 Å². The maximum Gasteiger partial charge on any atom is 0.241 e. The van der Waals surface area contributed by atoms with Crippen LogP contribution in [0.3, 0.4) is 0 Å². The van der Waals surface area contributed by atoms with Crippen molar-refractivity contribution < 1.29 is 5.12 Å². The van der Waals surface area contributed by atoms with E-state index < -0.39 is 0 Å². The highest BCUT2D eigenvalue weighted by Gasteiger charge is 2.10. The molecule has 0 spiro atoms. The van der Waals surface area contributed by atoms with Crippen molar-refractivity contribution in [1.29, 1.82) is 0 Å². The van der Waals surface area contributed by atoms with Gasteiger partial charge in [-0.1, -0.05) is 47.1 Å². The maximum absolute atomic E-state index is 4.08. The molecule has 1 aromatic rings. The van der Waals surface area contributed by atoms with Crippen molar-refractivity contribution in [3.63, 3.8) is 0 Å². The van der Waals surface area contributed by atoms with Crippen LogP contribution in [0.4, 0.5) is 0 Å². The fourth-order valence-corrected chi connectivity index (χ4v) is 1.10. The molecule has 1 N–H and O–H groups in total. The molecule has 66 valence electrons. The highest BCUT2D eigenvalue weighted by Crippen LogP contribution is 2.06. The van der Waals surface area contributed by atoms with E-state index in [2.05, 4.69) is 22.5 Å². The molecule has 13 heavy (non-hydrogen) atoms. The van der Waals surface area contributed by atoms with Gasteiger partial charge < -0.3 is 0 Å². The van der Waals surface area contributed by atoms with Gasteiger partial charge in [0, 0.05) is 10.8 Å². The summed E-state index contributed by atoms with van der Waals surface area (Å²) in [6, 6.07) is 8.00. The van der Waals surface area contributed by atoms with E-state index >= 15 is 0 Å². The Balaban J connectivity index is 2.32. The Morgan fingerprint density at radius 1 is 1.23 bits per heavy atom. The second-order valence-electron chi connectivity index (χ2n) is 2.92. The van der Waals surface area contributed by atoms with E-state index in [1.54, 1.807) is 0 Å². The summed E-state index contributed by atoms with van der Waals surface area (Å²) in [7, 11) is 3.60. The normalized spacial score (nSPS) is 20.5. The van der Waals surface area contributed by atoms with Crippen molar-refractivity contribution in [1.82, 2.24) is 0 Å². The molecule has 0 aliphatic carbocycles. The predicted molar refractivity (Wildman–Crippen MR) is 48.9 cm³/mol. The molecule has 1 aliphatic heterocycles. The molecule has 0 fully saturated rings. The minimum Gasteiger partial charge on any atom is -0.192 e. The van der Waals surface area contributed by atoms with E-state index in [9.17, 15) is 0 Å². The Labute approximate surface area is 76.6 Å². The van der Waals surface area contributed by atoms with Crippen molar-refractivity contribution >= 4 is 5.84 Å². The summed E-state index contributed by atoms with van der Waals surface area (Å²) in [5.74, 6) is 0.644. The third kappa shape index (κ3) is 1.62. The van der Waals surface area contributed by atoms with Gasteiger partial charge in [-0.3, -0.25) is 0 Å². The number of aryl methyl sites for hydroxylation is 1. The number of nitrogens with zero attached hydrogens (tertiary/aromatic N) is 3. The fourth-order valence-electron chi connectivity index (χ4n) is 1.10. The SMILES string of the molecule is [CH2-][NH+]1N=NC(c2ccc(C)cc2)=N1. The van der Waals surface area contributed by atoms with E-state index in [0.717, 1.165) is 5.56 Å². The predicted octanol–water partition coefficient (Wildman–Crippen LogP) is 0.714. The van der Waals surface area contributed by atoms with Gasteiger partial charge in [-0.05, 0) is 6.92 Å². The number of quaternary nitrogens is 1. The van der Waals surface area contributed by atoms with Crippen LogP contribution in [0.5, 0.6) is 0 Å². The number of amidine groups is 1. The van der Waals surface area contributed by atoms with Gasteiger partial charge in [-0.25, -0.2) is 0 Å². The summed E-state index contributed by atoms with van der Waals surface area (Å²) in [6.07, 6.45) is 0. The topological polar surface area (TPSA) is 41.5 Å². The van der Waals surface area contributed by atoms with E-state index in [-0.39, 0.29) is 0 Å². The average Bonchev–Trinajstić information content (AvgIpc) is 2.53. The molecule has 0 saturated heterocycles. The molecule has 0 aromatic heterocycles. The summed E-state index contributed by atoms with van der Waals surface area (Å²) in [5, 5.41) is 12.2. The molecule has 4 nitrogen and oxygen atoms in total. The number of hydrogen-bond acceptors (Lipinski definition) is 3. The first kappa shape index (κ1) is 8.07. The van der Waals surface area contributed by atoms with Crippen LogP contribution in [0.15, 0.2) is 39.7 Å². The standard InChI is InChI=1S/C9H10N4/c1-7-3-5-8(6-4-7)9-10-12-13(2)11-9/h3-6,13H,2H2,1H3. The third-order valence-corrected chi connectivity index (χ3v) is 1.80. The van der Waals surface area contributed by atoms with Gasteiger partial charge >= 0.3 is 0 Å².